The van der Waals surface area contributed by atoms with Crippen LogP contribution in [0.5, 0.6) is 0 Å². The van der Waals surface area contributed by atoms with E-state index in [-0.39, 0.29) is 0 Å². The molecule has 1 fully saturated rings. The van der Waals surface area contributed by atoms with Gasteiger partial charge in [0.1, 0.15) is 0 Å². The molecule has 0 aromatic heterocycles. The van der Waals surface area contributed by atoms with E-state index in [0.29, 0.717) is 5.41 Å². The normalized spacial score (nSPS) is 21.9. The second-order valence-electron chi connectivity index (χ2n) is 5.86. The minimum atomic E-state index is -0.557. The minimum Gasteiger partial charge on any atom is -0.316 e. The summed E-state index contributed by atoms with van der Waals surface area (Å²) in [7, 11) is -0.557. The van der Waals surface area contributed by atoms with Crippen molar-refractivity contribution in [1.29, 1.82) is 0 Å². The molecular formula is C14H30N2OS. The zero-order chi connectivity index (χ0) is 13.4. The van der Waals surface area contributed by atoms with E-state index in [9.17, 15) is 4.21 Å². The van der Waals surface area contributed by atoms with Crippen molar-refractivity contribution in [3.63, 3.8) is 0 Å². The Kier molecular flexibility index (Phi) is 7.42. The summed E-state index contributed by atoms with van der Waals surface area (Å²) < 4.78 is 11.4. The first-order valence-corrected chi connectivity index (χ1v) is 8.86. The van der Waals surface area contributed by atoms with E-state index >= 15 is 0 Å². The van der Waals surface area contributed by atoms with E-state index in [1.807, 2.05) is 0 Å². The molecule has 1 aliphatic rings. The van der Waals surface area contributed by atoms with Gasteiger partial charge in [-0.05, 0) is 24.8 Å². The summed E-state index contributed by atoms with van der Waals surface area (Å²) in [6.45, 7) is 12.3. The highest BCUT2D eigenvalue weighted by Crippen LogP contribution is 2.24. The van der Waals surface area contributed by atoms with Crippen LogP contribution in [0.3, 0.4) is 0 Å². The molecule has 1 heterocycles. The van der Waals surface area contributed by atoms with Crippen molar-refractivity contribution in [3.8, 4) is 0 Å². The lowest BCUT2D eigenvalue weighted by Gasteiger charge is -2.37. The maximum atomic E-state index is 11.4. The molecule has 108 valence electrons. The standard InChI is InChI=1S/C14H30N2OS/c1-4-6-14(3,12-15-7-5-2)13-16-8-10-18(17)11-9-16/h15H,4-13H2,1-3H3. The van der Waals surface area contributed by atoms with Gasteiger partial charge in [0.05, 0.1) is 0 Å². The van der Waals surface area contributed by atoms with E-state index in [0.717, 1.165) is 44.2 Å². The summed E-state index contributed by atoms with van der Waals surface area (Å²) in [6, 6.07) is 0. The maximum absolute atomic E-state index is 11.4. The fourth-order valence-corrected chi connectivity index (χ4v) is 3.90. The molecule has 1 saturated heterocycles. The van der Waals surface area contributed by atoms with Gasteiger partial charge in [-0.2, -0.15) is 0 Å². The van der Waals surface area contributed by atoms with Crippen molar-refractivity contribution in [2.75, 3.05) is 44.2 Å². The van der Waals surface area contributed by atoms with Crippen LogP contribution in [0.2, 0.25) is 0 Å². The van der Waals surface area contributed by atoms with Gasteiger partial charge in [-0.3, -0.25) is 4.21 Å². The number of nitrogens with zero attached hydrogens (tertiary/aromatic N) is 1. The van der Waals surface area contributed by atoms with Crippen LogP contribution < -0.4 is 5.32 Å². The van der Waals surface area contributed by atoms with Crippen LogP contribution in [0.1, 0.15) is 40.0 Å². The van der Waals surface area contributed by atoms with Crippen LogP contribution >= 0.6 is 0 Å². The highest BCUT2D eigenvalue weighted by atomic mass is 32.2. The van der Waals surface area contributed by atoms with Gasteiger partial charge in [-0.25, -0.2) is 0 Å². The van der Waals surface area contributed by atoms with Gasteiger partial charge in [0.25, 0.3) is 0 Å². The molecule has 0 saturated carbocycles. The van der Waals surface area contributed by atoms with Gasteiger partial charge < -0.3 is 10.2 Å². The second-order valence-corrected chi connectivity index (χ2v) is 7.56. The van der Waals surface area contributed by atoms with Gasteiger partial charge in [0, 0.05) is 48.5 Å². The van der Waals surface area contributed by atoms with Crippen molar-refractivity contribution in [2.45, 2.75) is 40.0 Å². The Labute approximate surface area is 115 Å². The molecule has 18 heavy (non-hydrogen) atoms. The summed E-state index contributed by atoms with van der Waals surface area (Å²) in [6.07, 6.45) is 3.71. The third kappa shape index (κ3) is 5.81. The van der Waals surface area contributed by atoms with Crippen LogP contribution in [-0.2, 0) is 10.8 Å². The number of hydrogen-bond acceptors (Lipinski definition) is 3. The quantitative estimate of drug-likeness (QED) is 0.686. The van der Waals surface area contributed by atoms with Crippen molar-refractivity contribution >= 4 is 10.8 Å². The zero-order valence-electron chi connectivity index (χ0n) is 12.3. The summed E-state index contributed by atoms with van der Waals surface area (Å²) in [5.41, 5.74) is 0.364. The van der Waals surface area contributed by atoms with Crippen molar-refractivity contribution in [3.05, 3.63) is 0 Å². The smallest absolute Gasteiger partial charge is 0.0363 e. The first-order valence-electron chi connectivity index (χ1n) is 7.37. The minimum absolute atomic E-state index is 0.364. The molecule has 0 spiro atoms. The van der Waals surface area contributed by atoms with Gasteiger partial charge >= 0.3 is 0 Å². The molecule has 1 aliphatic heterocycles. The molecule has 1 atom stereocenters. The molecular weight excluding hydrogens is 244 g/mol. The first kappa shape index (κ1) is 16.1. The molecule has 0 radical (unpaired) electrons. The molecule has 1 N–H and O–H groups in total. The fourth-order valence-electron chi connectivity index (χ4n) is 2.77. The maximum Gasteiger partial charge on any atom is 0.0363 e. The first-order chi connectivity index (χ1) is 8.59. The monoisotopic (exact) mass is 274 g/mol. The molecule has 0 bridgehead atoms. The predicted molar refractivity (Wildman–Crippen MR) is 80.5 cm³/mol. The van der Waals surface area contributed by atoms with Crippen LogP contribution in [0, 0.1) is 5.41 Å². The third-order valence-electron chi connectivity index (χ3n) is 3.71. The summed E-state index contributed by atoms with van der Waals surface area (Å²) in [5, 5.41) is 3.57. The number of hydrogen-bond donors (Lipinski definition) is 1. The third-order valence-corrected chi connectivity index (χ3v) is 4.98. The average Bonchev–Trinajstić information content (AvgIpc) is 2.33. The Morgan fingerprint density at radius 1 is 1.22 bits per heavy atom. The SMILES string of the molecule is CCCNCC(C)(CCC)CN1CCS(=O)CC1. The number of rotatable bonds is 8. The van der Waals surface area contributed by atoms with E-state index in [2.05, 4.69) is 31.0 Å². The predicted octanol–water partition coefficient (Wildman–Crippen LogP) is 1.86. The van der Waals surface area contributed by atoms with E-state index in [4.69, 9.17) is 0 Å². The lowest BCUT2D eigenvalue weighted by Crippen LogP contribution is -2.47. The van der Waals surface area contributed by atoms with E-state index in [1.165, 1.54) is 19.3 Å². The Bertz CT molecular complexity index is 250. The lowest BCUT2D eigenvalue weighted by atomic mass is 9.84. The summed E-state index contributed by atoms with van der Waals surface area (Å²) in [4.78, 5) is 2.50. The summed E-state index contributed by atoms with van der Waals surface area (Å²) in [5.74, 6) is 1.73. The molecule has 1 unspecified atom stereocenters. The average molecular weight is 274 g/mol. The molecule has 3 nitrogen and oxygen atoms in total. The Morgan fingerprint density at radius 2 is 1.89 bits per heavy atom. The van der Waals surface area contributed by atoms with Crippen molar-refractivity contribution < 1.29 is 4.21 Å². The lowest BCUT2D eigenvalue weighted by molar-refractivity contribution is 0.159. The molecule has 0 aromatic rings. The van der Waals surface area contributed by atoms with Gasteiger partial charge in [0.15, 0.2) is 0 Å². The van der Waals surface area contributed by atoms with Crippen LogP contribution in [0.4, 0.5) is 0 Å². The topological polar surface area (TPSA) is 32.3 Å². The molecule has 1 rings (SSSR count). The summed E-state index contributed by atoms with van der Waals surface area (Å²) >= 11 is 0. The van der Waals surface area contributed by atoms with Crippen molar-refractivity contribution in [2.24, 2.45) is 5.41 Å². The van der Waals surface area contributed by atoms with Crippen molar-refractivity contribution in [1.82, 2.24) is 10.2 Å². The second kappa shape index (κ2) is 8.28. The Balaban J connectivity index is 2.42. The Hall–Kier alpha value is 0.0700. The van der Waals surface area contributed by atoms with Crippen LogP contribution in [0.15, 0.2) is 0 Å². The molecule has 0 amide bonds. The van der Waals surface area contributed by atoms with Crippen LogP contribution in [0.25, 0.3) is 0 Å². The van der Waals surface area contributed by atoms with Gasteiger partial charge in [-0.15, -0.1) is 0 Å². The highest BCUT2D eigenvalue weighted by molar-refractivity contribution is 7.85. The molecule has 0 aromatic carbocycles. The molecule has 4 heteroatoms. The highest BCUT2D eigenvalue weighted by Gasteiger charge is 2.27. The Morgan fingerprint density at radius 3 is 2.44 bits per heavy atom. The van der Waals surface area contributed by atoms with E-state index < -0.39 is 10.8 Å². The van der Waals surface area contributed by atoms with Gasteiger partial charge in [-0.1, -0.05) is 27.2 Å². The van der Waals surface area contributed by atoms with Gasteiger partial charge in [0.2, 0.25) is 0 Å². The largest absolute Gasteiger partial charge is 0.316 e. The number of nitrogens with one attached hydrogen (secondary N) is 1. The zero-order valence-corrected chi connectivity index (χ0v) is 13.2. The fraction of sp³-hybridized carbons (Fsp3) is 1.00. The molecule has 0 aliphatic carbocycles. The van der Waals surface area contributed by atoms with Crippen LogP contribution in [-0.4, -0.2) is 53.3 Å². The van der Waals surface area contributed by atoms with E-state index in [1.54, 1.807) is 0 Å².